The third kappa shape index (κ3) is 3.69. The minimum absolute atomic E-state index is 0.00566. The molecule has 1 amide bonds. The predicted molar refractivity (Wildman–Crippen MR) is 84.0 cm³/mol. The lowest BCUT2D eigenvalue weighted by atomic mass is 10.3. The van der Waals surface area contributed by atoms with Gasteiger partial charge in [0.2, 0.25) is 5.91 Å². The van der Waals surface area contributed by atoms with Gasteiger partial charge in [-0.2, -0.15) is 0 Å². The molecule has 0 spiro atoms. The van der Waals surface area contributed by atoms with Crippen molar-refractivity contribution in [2.75, 3.05) is 5.75 Å². The summed E-state index contributed by atoms with van der Waals surface area (Å²) in [6, 6.07) is 7.92. The summed E-state index contributed by atoms with van der Waals surface area (Å²) < 4.78 is 5.12. The lowest BCUT2D eigenvalue weighted by Crippen LogP contribution is -2.24. The number of nitrogens with one attached hydrogen (secondary N) is 2. The Hall–Kier alpha value is -2.81. The van der Waals surface area contributed by atoms with Gasteiger partial charge in [0, 0.05) is 12.1 Å². The number of nitrogens with zero attached hydrogens (tertiary/aromatic N) is 2. The first-order chi connectivity index (χ1) is 11.1. The number of benzene rings is 1. The number of thioether (sulfide) groups is 1. The van der Waals surface area contributed by atoms with E-state index in [1.807, 2.05) is 0 Å². The van der Waals surface area contributed by atoms with Crippen molar-refractivity contribution in [1.29, 1.82) is 0 Å². The molecule has 0 atom stereocenters. The number of nitro groups is 1. The SMILES string of the molecule is O=C(CSc1nc2ccc([N+](=O)[O-])cc2[nH]1)NCc1ccco1. The molecule has 0 aliphatic carbocycles. The first-order valence-electron chi connectivity index (χ1n) is 6.68. The average molecular weight is 332 g/mol. The number of carbonyl (C=O) groups excluding carboxylic acids is 1. The van der Waals surface area contributed by atoms with E-state index in [4.69, 9.17) is 4.42 Å². The van der Waals surface area contributed by atoms with Gasteiger partial charge in [0.25, 0.3) is 5.69 Å². The summed E-state index contributed by atoms with van der Waals surface area (Å²) in [5, 5.41) is 14.0. The first-order valence-corrected chi connectivity index (χ1v) is 7.66. The normalized spacial score (nSPS) is 10.8. The van der Waals surface area contributed by atoms with Crippen LogP contribution in [0.25, 0.3) is 11.0 Å². The van der Waals surface area contributed by atoms with Crippen molar-refractivity contribution in [2.45, 2.75) is 11.7 Å². The Balaban J connectivity index is 1.58. The van der Waals surface area contributed by atoms with Crippen LogP contribution < -0.4 is 5.32 Å². The number of carbonyl (C=O) groups is 1. The van der Waals surface area contributed by atoms with Crippen molar-refractivity contribution >= 4 is 34.4 Å². The van der Waals surface area contributed by atoms with Gasteiger partial charge in [0.15, 0.2) is 5.16 Å². The van der Waals surface area contributed by atoms with Crippen molar-refractivity contribution in [2.24, 2.45) is 0 Å². The highest BCUT2D eigenvalue weighted by atomic mass is 32.2. The molecule has 0 saturated carbocycles. The van der Waals surface area contributed by atoms with Crippen LogP contribution in [0.15, 0.2) is 46.2 Å². The second-order valence-electron chi connectivity index (χ2n) is 4.65. The molecule has 0 bridgehead atoms. The van der Waals surface area contributed by atoms with Crippen LogP contribution in [0.4, 0.5) is 5.69 Å². The number of non-ortho nitro benzene ring substituents is 1. The van der Waals surface area contributed by atoms with E-state index in [0.717, 1.165) is 0 Å². The van der Waals surface area contributed by atoms with Crippen LogP contribution in [0.1, 0.15) is 5.76 Å². The van der Waals surface area contributed by atoms with Gasteiger partial charge in [0.05, 0.1) is 34.5 Å². The number of amides is 1. The largest absolute Gasteiger partial charge is 0.467 e. The summed E-state index contributed by atoms with van der Waals surface area (Å²) in [6.45, 7) is 0.332. The molecule has 0 fully saturated rings. The van der Waals surface area contributed by atoms with Crippen LogP contribution in [-0.2, 0) is 11.3 Å². The molecule has 2 N–H and O–H groups in total. The van der Waals surface area contributed by atoms with Gasteiger partial charge in [-0.25, -0.2) is 4.98 Å². The standard InChI is InChI=1S/C14H12N4O4S/c19-13(15-7-10-2-1-5-22-10)8-23-14-16-11-4-3-9(18(20)21)6-12(11)17-14/h1-6H,7-8H2,(H,15,19)(H,16,17). The van der Waals surface area contributed by atoms with Gasteiger partial charge >= 0.3 is 0 Å². The quantitative estimate of drug-likeness (QED) is 0.407. The molecule has 0 aliphatic heterocycles. The highest BCUT2D eigenvalue weighted by Crippen LogP contribution is 2.23. The summed E-state index contributed by atoms with van der Waals surface area (Å²) >= 11 is 1.23. The van der Waals surface area contributed by atoms with E-state index in [1.165, 1.54) is 23.9 Å². The monoisotopic (exact) mass is 332 g/mol. The number of hydrogen-bond acceptors (Lipinski definition) is 6. The van der Waals surface area contributed by atoms with Crippen LogP contribution in [-0.4, -0.2) is 26.6 Å². The van der Waals surface area contributed by atoms with Crippen LogP contribution >= 0.6 is 11.8 Å². The maximum atomic E-state index is 11.8. The Morgan fingerprint density at radius 1 is 1.43 bits per heavy atom. The van der Waals surface area contributed by atoms with Crippen molar-refractivity contribution in [1.82, 2.24) is 15.3 Å². The molecule has 0 radical (unpaired) electrons. The maximum absolute atomic E-state index is 11.8. The highest BCUT2D eigenvalue weighted by Gasteiger charge is 2.11. The summed E-state index contributed by atoms with van der Waals surface area (Å²) in [5.74, 6) is 0.708. The topological polar surface area (TPSA) is 114 Å². The Labute approximate surface area is 134 Å². The number of aromatic amines is 1. The third-order valence-electron chi connectivity index (χ3n) is 3.03. The summed E-state index contributed by atoms with van der Waals surface area (Å²) in [4.78, 5) is 29.3. The second-order valence-corrected chi connectivity index (χ2v) is 5.61. The Morgan fingerprint density at radius 3 is 3.04 bits per heavy atom. The van der Waals surface area contributed by atoms with Crippen LogP contribution in [0, 0.1) is 10.1 Å². The Morgan fingerprint density at radius 2 is 2.30 bits per heavy atom. The summed E-state index contributed by atoms with van der Waals surface area (Å²) in [6.07, 6.45) is 1.55. The van der Waals surface area contributed by atoms with E-state index in [1.54, 1.807) is 24.5 Å². The zero-order chi connectivity index (χ0) is 16.2. The molecular weight excluding hydrogens is 320 g/mol. The summed E-state index contributed by atoms with van der Waals surface area (Å²) in [5.41, 5.74) is 1.18. The van der Waals surface area contributed by atoms with Crippen molar-refractivity contribution < 1.29 is 14.1 Å². The minimum Gasteiger partial charge on any atom is -0.467 e. The van der Waals surface area contributed by atoms with Crippen LogP contribution in [0.2, 0.25) is 0 Å². The zero-order valence-electron chi connectivity index (χ0n) is 11.8. The van der Waals surface area contributed by atoms with Gasteiger partial charge in [-0.15, -0.1) is 0 Å². The van der Waals surface area contributed by atoms with E-state index in [0.29, 0.717) is 28.5 Å². The lowest BCUT2D eigenvalue weighted by Gasteiger charge is -2.01. The number of furan rings is 1. The Kier molecular flexibility index (Phi) is 4.29. The number of aromatic nitrogens is 2. The van der Waals surface area contributed by atoms with E-state index >= 15 is 0 Å². The number of imidazole rings is 1. The molecular formula is C14H12N4O4S. The first kappa shape index (κ1) is 15.1. The molecule has 23 heavy (non-hydrogen) atoms. The third-order valence-corrected chi connectivity index (χ3v) is 3.91. The minimum atomic E-state index is -0.463. The molecule has 0 aliphatic rings. The van der Waals surface area contributed by atoms with Crippen molar-refractivity contribution in [3.05, 3.63) is 52.5 Å². The van der Waals surface area contributed by atoms with Gasteiger partial charge in [0.1, 0.15) is 5.76 Å². The molecule has 2 aromatic heterocycles. The number of rotatable bonds is 6. The second kappa shape index (κ2) is 6.53. The Bertz CT molecular complexity index is 844. The van der Waals surface area contributed by atoms with Gasteiger partial charge in [-0.05, 0) is 18.2 Å². The predicted octanol–water partition coefficient (Wildman–Crippen LogP) is 2.47. The molecule has 118 valence electrons. The zero-order valence-corrected chi connectivity index (χ0v) is 12.6. The number of hydrogen-bond donors (Lipinski definition) is 2. The number of nitro benzene ring substituents is 1. The van der Waals surface area contributed by atoms with Crippen molar-refractivity contribution in [3.63, 3.8) is 0 Å². The summed E-state index contributed by atoms with van der Waals surface area (Å²) in [7, 11) is 0. The van der Waals surface area contributed by atoms with E-state index < -0.39 is 4.92 Å². The fourth-order valence-electron chi connectivity index (χ4n) is 1.94. The molecule has 8 nitrogen and oxygen atoms in total. The molecule has 9 heteroatoms. The number of fused-ring (bicyclic) bond motifs is 1. The van der Waals surface area contributed by atoms with Crippen LogP contribution in [0.5, 0.6) is 0 Å². The molecule has 1 aromatic carbocycles. The van der Waals surface area contributed by atoms with Crippen LogP contribution in [0.3, 0.4) is 0 Å². The van der Waals surface area contributed by atoms with Crippen molar-refractivity contribution in [3.8, 4) is 0 Å². The average Bonchev–Trinajstić information content (AvgIpc) is 3.18. The fourth-order valence-corrected chi connectivity index (χ4v) is 2.65. The number of H-pyrrole nitrogens is 1. The van der Waals surface area contributed by atoms with Gasteiger partial charge < -0.3 is 14.7 Å². The molecule has 0 saturated heterocycles. The molecule has 3 aromatic rings. The van der Waals surface area contributed by atoms with Gasteiger partial charge in [-0.3, -0.25) is 14.9 Å². The molecule has 2 heterocycles. The molecule has 3 rings (SSSR count). The van der Waals surface area contributed by atoms with E-state index in [-0.39, 0.29) is 17.3 Å². The smallest absolute Gasteiger partial charge is 0.271 e. The fraction of sp³-hybridized carbons (Fsp3) is 0.143. The van der Waals surface area contributed by atoms with Gasteiger partial charge in [-0.1, -0.05) is 11.8 Å². The van der Waals surface area contributed by atoms with E-state index in [2.05, 4.69) is 15.3 Å². The maximum Gasteiger partial charge on any atom is 0.271 e. The van der Waals surface area contributed by atoms with E-state index in [9.17, 15) is 14.9 Å². The molecule has 0 unspecified atom stereocenters. The lowest BCUT2D eigenvalue weighted by molar-refractivity contribution is -0.384. The highest BCUT2D eigenvalue weighted by molar-refractivity contribution is 7.99.